The molecule has 0 aliphatic heterocycles. The average Bonchev–Trinajstić information content (AvgIpc) is 2.47. The molecule has 0 saturated heterocycles. The van der Waals surface area contributed by atoms with E-state index in [2.05, 4.69) is 0 Å². The zero-order valence-electron chi connectivity index (χ0n) is 11.2. The van der Waals surface area contributed by atoms with Crippen molar-refractivity contribution in [1.82, 2.24) is 0 Å². The van der Waals surface area contributed by atoms with Crippen LogP contribution < -0.4 is 15.2 Å². The van der Waals surface area contributed by atoms with E-state index in [1.165, 1.54) is 0 Å². The molecule has 2 aromatic rings. The normalized spacial score (nSPS) is 11.8. The highest BCUT2D eigenvalue weighted by Gasteiger charge is 2.05. The topological polar surface area (TPSA) is 61.5 Å². The second kappa shape index (κ2) is 6.96. The summed E-state index contributed by atoms with van der Waals surface area (Å²) >= 11 is 0. The van der Waals surface area contributed by atoms with Gasteiger partial charge in [0.05, 0.1) is 23.7 Å². The molecule has 2 aromatic carbocycles. The Morgan fingerprint density at radius 1 is 1.10 bits per heavy atom. The van der Waals surface area contributed by atoms with E-state index in [1.54, 1.807) is 25.3 Å². The predicted octanol–water partition coefficient (Wildman–Crippen LogP) is 2.46. The maximum Gasteiger partial charge on any atom is 0.121 e. The molecule has 2 N–H and O–H groups in total. The van der Waals surface area contributed by atoms with Gasteiger partial charge in [-0.05, 0) is 30.3 Å². The number of anilines is 1. The fourth-order valence-corrected chi connectivity index (χ4v) is 2.65. The average molecular weight is 291 g/mol. The first-order valence-corrected chi connectivity index (χ1v) is 7.51. The highest BCUT2D eigenvalue weighted by Crippen LogP contribution is 2.17. The summed E-state index contributed by atoms with van der Waals surface area (Å²) in [6, 6.07) is 14.4. The molecule has 0 aromatic heterocycles. The number of nitrogens with two attached hydrogens (primary N) is 1. The van der Waals surface area contributed by atoms with E-state index in [0.717, 1.165) is 4.90 Å². The van der Waals surface area contributed by atoms with Gasteiger partial charge in [0.1, 0.15) is 18.1 Å². The molecule has 0 saturated carbocycles. The Labute approximate surface area is 121 Å². The molecule has 106 valence electrons. The van der Waals surface area contributed by atoms with Gasteiger partial charge in [-0.2, -0.15) is 0 Å². The molecule has 0 aliphatic carbocycles. The highest BCUT2D eigenvalue weighted by molar-refractivity contribution is 7.85. The zero-order valence-corrected chi connectivity index (χ0v) is 12.1. The minimum Gasteiger partial charge on any atom is -0.497 e. The molecule has 0 heterocycles. The SMILES string of the molecule is COc1cccc(S(=O)CCOc2cccc(N)c2)c1. The van der Waals surface area contributed by atoms with Gasteiger partial charge in [-0.15, -0.1) is 0 Å². The van der Waals surface area contributed by atoms with Crippen molar-refractivity contribution in [2.75, 3.05) is 25.2 Å². The number of hydrogen-bond acceptors (Lipinski definition) is 4. The van der Waals surface area contributed by atoms with Crippen LogP contribution in [0.2, 0.25) is 0 Å². The minimum absolute atomic E-state index is 0.368. The summed E-state index contributed by atoms with van der Waals surface area (Å²) in [6.07, 6.45) is 0. The van der Waals surface area contributed by atoms with Crippen LogP contribution in [0.1, 0.15) is 0 Å². The standard InChI is InChI=1S/C15H17NO3S/c1-18-13-5-3-7-15(11-13)20(17)9-8-19-14-6-2-4-12(16)10-14/h2-7,10-11H,8-9,16H2,1H3. The van der Waals surface area contributed by atoms with Crippen molar-refractivity contribution in [2.45, 2.75) is 4.90 Å². The lowest BCUT2D eigenvalue weighted by atomic mass is 10.3. The Kier molecular flexibility index (Phi) is 5.01. The minimum atomic E-state index is -1.11. The Balaban J connectivity index is 1.89. The second-order valence-electron chi connectivity index (χ2n) is 4.15. The Hall–Kier alpha value is -2.01. The lowest BCUT2D eigenvalue weighted by Gasteiger charge is -2.07. The van der Waals surface area contributed by atoms with E-state index in [1.807, 2.05) is 30.3 Å². The number of benzene rings is 2. The summed E-state index contributed by atoms with van der Waals surface area (Å²) in [5, 5.41) is 0. The first kappa shape index (κ1) is 14.4. The van der Waals surface area contributed by atoms with Crippen molar-refractivity contribution < 1.29 is 13.7 Å². The fourth-order valence-electron chi connectivity index (χ4n) is 1.70. The Morgan fingerprint density at radius 2 is 1.85 bits per heavy atom. The van der Waals surface area contributed by atoms with Gasteiger partial charge >= 0.3 is 0 Å². The highest BCUT2D eigenvalue weighted by atomic mass is 32.2. The molecule has 1 unspecified atom stereocenters. The third-order valence-electron chi connectivity index (χ3n) is 2.70. The van der Waals surface area contributed by atoms with Crippen LogP contribution in [-0.2, 0) is 10.8 Å². The Morgan fingerprint density at radius 3 is 2.60 bits per heavy atom. The monoisotopic (exact) mass is 291 g/mol. The number of rotatable bonds is 6. The van der Waals surface area contributed by atoms with Crippen LogP contribution in [-0.4, -0.2) is 23.7 Å². The molecule has 0 spiro atoms. The van der Waals surface area contributed by atoms with Crippen LogP contribution in [0.25, 0.3) is 0 Å². The van der Waals surface area contributed by atoms with Crippen molar-refractivity contribution in [2.24, 2.45) is 0 Å². The van der Waals surface area contributed by atoms with Crippen LogP contribution in [0.5, 0.6) is 11.5 Å². The second-order valence-corrected chi connectivity index (χ2v) is 5.72. The van der Waals surface area contributed by atoms with Crippen LogP contribution in [0.4, 0.5) is 5.69 Å². The smallest absolute Gasteiger partial charge is 0.121 e. The van der Waals surface area contributed by atoms with Crippen molar-refractivity contribution in [3.8, 4) is 11.5 Å². The largest absolute Gasteiger partial charge is 0.497 e. The summed E-state index contributed by atoms with van der Waals surface area (Å²) in [5.74, 6) is 1.81. The van der Waals surface area contributed by atoms with Gasteiger partial charge in [-0.25, -0.2) is 0 Å². The van der Waals surface area contributed by atoms with Crippen LogP contribution >= 0.6 is 0 Å². The first-order valence-electron chi connectivity index (χ1n) is 6.20. The molecule has 0 aliphatic rings. The van der Waals surface area contributed by atoms with E-state index in [4.69, 9.17) is 15.2 Å². The predicted molar refractivity (Wildman–Crippen MR) is 80.6 cm³/mol. The molecule has 1 atom stereocenters. The van der Waals surface area contributed by atoms with Gasteiger partial charge < -0.3 is 15.2 Å². The van der Waals surface area contributed by atoms with Gasteiger partial charge in [-0.3, -0.25) is 4.21 Å². The molecular weight excluding hydrogens is 274 g/mol. The first-order chi connectivity index (χ1) is 9.69. The number of nitrogen functional groups attached to an aromatic ring is 1. The third kappa shape index (κ3) is 3.99. The van der Waals surface area contributed by atoms with Gasteiger partial charge in [0.15, 0.2) is 0 Å². The molecule has 0 radical (unpaired) electrons. The maximum atomic E-state index is 12.1. The number of methoxy groups -OCH3 is 1. The Bertz CT molecular complexity index is 601. The van der Waals surface area contributed by atoms with Crippen molar-refractivity contribution in [3.63, 3.8) is 0 Å². The van der Waals surface area contributed by atoms with Gasteiger partial charge in [0, 0.05) is 16.6 Å². The summed E-state index contributed by atoms with van der Waals surface area (Å²) in [7, 11) is 0.478. The van der Waals surface area contributed by atoms with Crippen molar-refractivity contribution in [3.05, 3.63) is 48.5 Å². The molecule has 0 fully saturated rings. The van der Waals surface area contributed by atoms with Gasteiger partial charge in [-0.1, -0.05) is 12.1 Å². The molecular formula is C15H17NO3S. The molecule has 5 heteroatoms. The maximum absolute atomic E-state index is 12.1. The van der Waals surface area contributed by atoms with Crippen molar-refractivity contribution in [1.29, 1.82) is 0 Å². The van der Waals surface area contributed by atoms with Crippen LogP contribution in [0, 0.1) is 0 Å². The molecule has 0 bridgehead atoms. The summed E-state index contributed by atoms with van der Waals surface area (Å²) < 4.78 is 22.8. The lowest BCUT2D eigenvalue weighted by molar-refractivity contribution is 0.343. The molecule has 2 rings (SSSR count). The van der Waals surface area contributed by atoms with Crippen molar-refractivity contribution >= 4 is 16.5 Å². The lowest BCUT2D eigenvalue weighted by Crippen LogP contribution is -2.09. The summed E-state index contributed by atoms with van der Waals surface area (Å²) in [6.45, 7) is 0.368. The van der Waals surface area contributed by atoms with E-state index in [-0.39, 0.29) is 0 Å². The summed E-state index contributed by atoms with van der Waals surface area (Å²) in [5.41, 5.74) is 6.31. The quantitative estimate of drug-likeness (QED) is 0.831. The van der Waals surface area contributed by atoms with E-state index < -0.39 is 10.8 Å². The van der Waals surface area contributed by atoms with E-state index >= 15 is 0 Å². The molecule has 4 nitrogen and oxygen atoms in total. The summed E-state index contributed by atoms with van der Waals surface area (Å²) in [4.78, 5) is 0.737. The number of hydrogen-bond donors (Lipinski definition) is 1. The zero-order chi connectivity index (χ0) is 14.4. The van der Waals surface area contributed by atoms with Gasteiger partial charge in [0.25, 0.3) is 0 Å². The van der Waals surface area contributed by atoms with E-state index in [9.17, 15) is 4.21 Å². The fraction of sp³-hybridized carbons (Fsp3) is 0.200. The van der Waals surface area contributed by atoms with Gasteiger partial charge in [0.2, 0.25) is 0 Å². The molecule has 0 amide bonds. The third-order valence-corrected chi connectivity index (χ3v) is 4.02. The van der Waals surface area contributed by atoms with Crippen LogP contribution in [0.15, 0.2) is 53.4 Å². The van der Waals surface area contributed by atoms with Crippen LogP contribution in [0.3, 0.4) is 0 Å². The van der Waals surface area contributed by atoms with E-state index in [0.29, 0.717) is 29.5 Å². The number of ether oxygens (including phenoxy) is 2. The molecule has 20 heavy (non-hydrogen) atoms.